The van der Waals surface area contributed by atoms with Crippen LogP contribution in [-0.4, -0.2) is 28.1 Å². The van der Waals surface area contributed by atoms with E-state index in [0.29, 0.717) is 5.13 Å². The lowest BCUT2D eigenvalue weighted by molar-refractivity contribution is -0.138. The van der Waals surface area contributed by atoms with Gasteiger partial charge in [-0.05, 0) is 31.5 Å². The van der Waals surface area contributed by atoms with Crippen molar-refractivity contribution in [3.8, 4) is 0 Å². The molecule has 19 heavy (non-hydrogen) atoms. The summed E-state index contributed by atoms with van der Waals surface area (Å²) in [4.78, 5) is 26.4. The van der Waals surface area contributed by atoms with Crippen molar-refractivity contribution < 1.29 is 14.7 Å². The van der Waals surface area contributed by atoms with Crippen LogP contribution in [0.4, 0.5) is 9.93 Å². The molecular weight excluding hydrogens is 266 g/mol. The van der Waals surface area contributed by atoms with Crippen molar-refractivity contribution in [2.45, 2.75) is 19.9 Å². The first-order valence-electron chi connectivity index (χ1n) is 5.63. The molecule has 0 aliphatic carbocycles. The second kappa shape index (κ2) is 5.23. The minimum absolute atomic E-state index is 0.440. The Balaban J connectivity index is 2.09. The Labute approximate surface area is 113 Å². The van der Waals surface area contributed by atoms with Crippen LogP contribution in [0.25, 0.3) is 10.2 Å². The summed E-state index contributed by atoms with van der Waals surface area (Å²) in [5.74, 6) is -1.09. The molecule has 2 amide bonds. The zero-order valence-electron chi connectivity index (χ0n) is 10.4. The van der Waals surface area contributed by atoms with Gasteiger partial charge in [0.1, 0.15) is 6.04 Å². The lowest BCUT2D eigenvalue weighted by Crippen LogP contribution is -2.40. The van der Waals surface area contributed by atoms with Gasteiger partial charge in [0.2, 0.25) is 0 Å². The van der Waals surface area contributed by atoms with Gasteiger partial charge in [0.15, 0.2) is 5.13 Å². The molecule has 0 unspecified atom stereocenters. The average Bonchev–Trinajstić information content (AvgIpc) is 2.69. The summed E-state index contributed by atoms with van der Waals surface area (Å²) in [5, 5.41) is 14.0. The largest absolute Gasteiger partial charge is 0.480 e. The average molecular weight is 279 g/mol. The quantitative estimate of drug-likeness (QED) is 0.803. The van der Waals surface area contributed by atoms with E-state index in [2.05, 4.69) is 15.6 Å². The fraction of sp³-hybridized carbons (Fsp3) is 0.250. The first kappa shape index (κ1) is 13.3. The number of fused-ring (bicyclic) bond motifs is 1. The predicted molar refractivity (Wildman–Crippen MR) is 73.6 cm³/mol. The zero-order chi connectivity index (χ0) is 14.0. The third-order valence-corrected chi connectivity index (χ3v) is 3.42. The van der Waals surface area contributed by atoms with Crippen LogP contribution in [0.1, 0.15) is 12.5 Å². The first-order valence-corrected chi connectivity index (χ1v) is 6.45. The molecule has 0 aliphatic rings. The van der Waals surface area contributed by atoms with Crippen molar-refractivity contribution in [2.24, 2.45) is 0 Å². The number of rotatable bonds is 3. The molecular formula is C12H13N3O3S. The summed E-state index contributed by atoms with van der Waals surface area (Å²) in [7, 11) is 0. The maximum absolute atomic E-state index is 11.6. The number of nitrogens with one attached hydrogen (secondary N) is 2. The summed E-state index contributed by atoms with van der Waals surface area (Å²) in [5.41, 5.74) is 1.92. The van der Waals surface area contributed by atoms with Crippen LogP contribution in [0.3, 0.4) is 0 Å². The van der Waals surface area contributed by atoms with E-state index >= 15 is 0 Å². The molecule has 6 nitrogen and oxygen atoms in total. The Morgan fingerprint density at radius 2 is 2.16 bits per heavy atom. The van der Waals surface area contributed by atoms with E-state index in [1.54, 1.807) is 0 Å². The van der Waals surface area contributed by atoms with Crippen molar-refractivity contribution >= 4 is 38.7 Å². The lowest BCUT2D eigenvalue weighted by Gasteiger charge is -2.08. The summed E-state index contributed by atoms with van der Waals surface area (Å²) in [6, 6.07) is 4.28. The van der Waals surface area contributed by atoms with Gasteiger partial charge in [-0.2, -0.15) is 0 Å². The maximum atomic E-state index is 11.6. The van der Waals surface area contributed by atoms with Crippen LogP contribution in [0, 0.1) is 6.92 Å². The van der Waals surface area contributed by atoms with Gasteiger partial charge < -0.3 is 10.4 Å². The highest BCUT2D eigenvalue weighted by Crippen LogP contribution is 2.26. The maximum Gasteiger partial charge on any atom is 0.325 e. The van der Waals surface area contributed by atoms with Gasteiger partial charge in [-0.1, -0.05) is 17.4 Å². The SMILES string of the molecule is Cc1ccc2nc(NC(=O)N[C@@H](C)C(=O)O)sc2c1. The van der Waals surface area contributed by atoms with Crippen molar-refractivity contribution in [3.63, 3.8) is 0 Å². The third-order valence-electron chi connectivity index (χ3n) is 2.48. The molecule has 1 heterocycles. The number of aryl methyl sites for hydroxylation is 1. The minimum atomic E-state index is -1.09. The normalized spacial score (nSPS) is 12.1. The molecule has 7 heteroatoms. The number of anilines is 1. The second-order valence-electron chi connectivity index (χ2n) is 4.15. The summed E-state index contributed by atoms with van der Waals surface area (Å²) >= 11 is 1.34. The molecule has 0 radical (unpaired) electrons. The van der Waals surface area contributed by atoms with Crippen molar-refractivity contribution in [3.05, 3.63) is 23.8 Å². The number of hydrogen-bond donors (Lipinski definition) is 3. The van der Waals surface area contributed by atoms with Gasteiger partial charge in [-0.3, -0.25) is 10.1 Å². The molecule has 1 aromatic heterocycles. The van der Waals surface area contributed by atoms with Crippen LogP contribution in [0.15, 0.2) is 18.2 Å². The molecule has 0 spiro atoms. The number of carboxylic acids is 1. The van der Waals surface area contributed by atoms with E-state index in [9.17, 15) is 9.59 Å². The number of aromatic nitrogens is 1. The van der Waals surface area contributed by atoms with Gasteiger partial charge in [-0.25, -0.2) is 9.78 Å². The summed E-state index contributed by atoms with van der Waals surface area (Å²) in [6.07, 6.45) is 0. The fourth-order valence-corrected chi connectivity index (χ4v) is 2.44. The highest BCUT2D eigenvalue weighted by molar-refractivity contribution is 7.22. The van der Waals surface area contributed by atoms with E-state index < -0.39 is 18.0 Å². The van der Waals surface area contributed by atoms with Crippen molar-refractivity contribution in [1.82, 2.24) is 10.3 Å². The molecule has 3 N–H and O–H groups in total. The van der Waals surface area contributed by atoms with Gasteiger partial charge in [0, 0.05) is 0 Å². The van der Waals surface area contributed by atoms with Gasteiger partial charge in [0.05, 0.1) is 10.2 Å². The highest BCUT2D eigenvalue weighted by Gasteiger charge is 2.15. The molecule has 2 aromatic rings. The number of carbonyl (C=O) groups excluding carboxylic acids is 1. The van der Waals surface area contributed by atoms with E-state index in [4.69, 9.17) is 5.11 Å². The number of hydrogen-bond acceptors (Lipinski definition) is 4. The number of aliphatic carboxylic acids is 1. The smallest absolute Gasteiger partial charge is 0.325 e. The standard InChI is InChI=1S/C12H13N3O3S/c1-6-3-4-8-9(5-6)19-12(14-8)15-11(18)13-7(2)10(16)17/h3-5,7H,1-2H3,(H,16,17)(H2,13,14,15,18)/t7-/m0/s1. The van der Waals surface area contributed by atoms with E-state index in [1.165, 1.54) is 18.3 Å². The molecule has 2 rings (SSSR count). The van der Waals surface area contributed by atoms with Gasteiger partial charge >= 0.3 is 12.0 Å². The summed E-state index contributed by atoms with van der Waals surface area (Å²) < 4.78 is 0.974. The van der Waals surface area contributed by atoms with Crippen LogP contribution in [0.5, 0.6) is 0 Å². The monoisotopic (exact) mass is 279 g/mol. The molecule has 1 atom stereocenters. The second-order valence-corrected chi connectivity index (χ2v) is 5.18. The van der Waals surface area contributed by atoms with Crippen LogP contribution >= 0.6 is 11.3 Å². The third kappa shape index (κ3) is 3.19. The van der Waals surface area contributed by atoms with Crippen molar-refractivity contribution in [1.29, 1.82) is 0 Å². The molecule has 0 saturated heterocycles. The Kier molecular flexibility index (Phi) is 3.66. The minimum Gasteiger partial charge on any atom is -0.480 e. The Morgan fingerprint density at radius 3 is 2.84 bits per heavy atom. The van der Waals surface area contributed by atoms with Crippen LogP contribution in [0.2, 0.25) is 0 Å². The lowest BCUT2D eigenvalue weighted by atomic mass is 10.2. The number of urea groups is 1. The number of carbonyl (C=O) groups is 2. The van der Waals surface area contributed by atoms with Crippen LogP contribution in [-0.2, 0) is 4.79 Å². The molecule has 0 aliphatic heterocycles. The highest BCUT2D eigenvalue weighted by atomic mass is 32.1. The van der Waals surface area contributed by atoms with E-state index in [-0.39, 0.29) is 0 Å². The Bertz CT molecular complexity index is 638. The molecule has 100 valence electrons. The Hall–Kier alpha value is -2.15. The number of amides is 2. The Morgan fingerprint density at radius 1 is 1.42 bits per heavy atom. The van der Waals surface area contributed by atoms with Gasteiger partial charge in [0.25, 0.3) is 0 Å². The molecule has 1 aromatic carbocycles. The first-order chi connectivity index (χ1) is 8.95. The van der Waals surface area contributed by atoms with Crippen LogP contribution < -0.4 is 10.6 Å². The predicted octanol–water partition coefficient (Wildman–Crippen LogP) is 2.20. The topological polar surface area (TPSA) is 91.3 Å². The fourth-order valence-electron chi connectivity index (χ4n) is 1.48. The number of nitrogens with zero attached hydrogens (tertiary/aromatic N) is 1. The molecule has 0 fully saturated rings. The number of benzene rings is 1. The number of carboxylic acid groups (broad SMARTS) is 1. The zero-order valence-corrected chi connectivity index (χ0v) is 11.2. The molecule has 0 bridgehead atoms. The van der Waals surface area contributed by atoms with Crippen molar-refractivity contribution in [2.75, 3.05) is 5.32 Å². The van der Waals surface area contributed by atoms with E-state index in [1.807, 2.05) is 25.1 Å². The summed E-state index contributed by atoms with van der Waals surface area (Å²) in [6.45, 7) is 3.37. The van der Waals surface area contributed by atoms with Gasteiger partial charge in [-0.15, -0.1) is 0 Å². The molecule has 0 saturated carbocycles. The van der Waals surface area contributed by atoms with E-state index in [0.717, 1.165) is 15.8 Å². The number of thiazole rings is 1.